The van der Waals surface area contributed by atoms with Crippen molar-refractivity contribution in [3.05, 3.63) is 0 Å². The van der Waals surface area contributed by atoms with Gasteiger partial charge in [0.25, 0.3) is 0 Å². The summed E-state index contributed by atoms with van der Waals surface area (Å²) in [5.74, 6) is 0.855. The summed E-state index contributed by atoms with van der Waals surface area (Å²) in [6.45, 7) is 0.997. The molecule has 0 heterocycles. The molecule has 0 aromatic heterocycles. The smallest absolute Gasteiger partial charge is 0.0590 e. The second-order valence-electron chi connectivity index (χ2n) is 5.03. The molecule has 2 rings (SSSR count). The van der Waals surface area contributed by atoms with Gasteiger partial charge in [0.15, 0.2) is 0 Å². The van der Waals surface area contributed by atoms with Crippen molar-refractivity contribution in [1.82, 2.24) is 0 Å². The molecule has 14 heavy (non-hydrogen) atoms. The summed E-state index contributed by atoms with van der Waals surface area (Å²) in [4.78, 5) is 0. The van der Waals surface area contributed by atoms with Crippen LogP contribution in [-0.4, -0.2) is 18.8 Å². The summed E-state index contributed by atoms with van der Waals surface area (Å²) in [6, 6.07) is 0.400. The van der Waals surface area contributed by atoms with Crippen LogP contribution in [0.15, 0.2) is 0 Å². The Morgan fingerprint density at radius 2 is 1.79 bits per heavy atom. The molecule has 2 heteroatoms. The van der Waals surface area contributed by atoms with Gasteiger partial charge in [-0.2, -0.15) is 0 Å². The van der Waals surface area contributed by atoms with Crippen molar-refractivity contribution >= 4 is 0 Å². The summed E-state index contributed by atoms with van der Waals surface area (Å²) in [6.07, 6.45) is 10.9. The minimum atomic E-state index is 0.400. The number of hydrogen-bond acceptors (Lipinski definition) is 2. The van der Waals surface area contributed by atoms with Gasteiger partial charge in [-0.05, 0) is 44.4 Å². The van der Waals surface area contributed by atoms with E-state index in [0.29, 0.717) is 12.1 Å². The molecule has 2 nitrogen and oxygen atoms in total. The normalized spacial score (nSPS) is 34.9. The Hall–Kier alpha value is -0.0800. The van der Waals surface area contributed by atoms with E-state index in [0.717, 1.165) is 18.9 Å². The zero-order chi connectivity index (χ0) is 9.80. The van der Waals surface area contributed by atoms with E-state index in [1.54, 1.807) is 0 Å². The predicted molar refractivity (Wildman–Crippen MR) is 58.1 cm³/mol. The van der Waals surface area contributed by atoms with Crippen LogP contribution in [-0.2, 0) is 4.74 Å². The average molecular weight is 197 g/mol. The molecular weight excluding hydrogens is 174 g/mol. The van der Waals surface area contributed by atoms with Crippen LogP contribution in [0.1, 0.15) is 51.4 Å². The van der Waals surface area contributed by atoms with E-state index in [4.69, 9.17) is 10.5 Å². The zero-order valence-electron chi connectivity index (χ0n) is 9.08. The summed E-state index contributed by atoms with van der Waals surface area (Å²) in [5, 5.41) is 0. The maximum Gasteiger partial charge on any atom is 0.0590 e. The van der Waals surface area contributed by atoms with Crippen LogP contribution in [0.2, 0.25) is 0 Å². The lowest BCUT2D eigenvalue weighted by molar-refractivity contribution is 0.00483. The molecule has 0 aliphatic heterocycles. The molecule has 2 aliphatic carbocycles. The predicted octanol–water partition coefficient (Wildman–Crippen LogP) is 2.46. The van der Waals surface area contributed by atoms with Crippen LogP contribution in [0.25, 0.3) is 0 Å². The number of hydrogen-bond donors (Lipinski definition) is 1. The first-order valence-corrected chi connectivity index (χ1v) is 6.22. The third-order valence-electron chi connectivity index (χ3n) is 3.71. The Balaban J connectivity index is 1.64. The topological polar surface area (TPSA) is 35.2 Å². The van der Waals surface area contributed by atoms with E-state index >= 15 is 0 Å². The molecule has 2 unspecified atom stereocenters. The second kappa shape index (κ2) is 5.13. The summed E-state index contributed by atoms with van der Waals surface area (Å²) in [7, 11) is 0. The van der Waals surface area contributed by atoms with E-state index in [2.05, 4.69) is 0 Å². The third-order valence-corrected chi connectivity index (χ3v) is 3.71. The first-order chi connectivity index (χ1) is 6.84. The van der Waals surface area contributed by atoms with Crippen molar-refractivity contribution in [1.29, 1.82) is 0 Å². The highest BCUT2D eigenvalue weighted by Crippen LogP contribution is 2.27. The van der Waals surface area contributed by atoms with Crippen molar-refractivity contribution in [2.24, 2.45) is 11.7 Å². The first-order valence-electron chi connectivity index (χ1n) is 6.22. The van der Waals surface area contributed by atoms with Crippen LogP contribution in [0.3, 0.4) is 0 Å². The molecular formula is C12H23NO. The minimum absolute atomic E-state index is 0.400. The van der Waals surface area contributed by atoms with E-state index < -0.39 is 0 Å². The number of ether oxygens (including phenoxy) is 1. The first kappa shape index (κ1) is 10.4. The lowest BCUT2D eigenvalue weighted by Crippen LogP contribution is -2.32. The van der Waals surface area contributed by atoms with Gasteiger partial charge < -0.3 is 10.5 Å². The molecule has 2 aliphatic rings. The highest BCUT2D eigenvalue weighted by atomic mass is 16.5. The fourth-order valence-corrected chi connectivity index (χ4v) is 2.78. The van der Waals surface area contributed by atoms with Gasteiger partial charge in [0, 0.05) is 12.6 Å². The Bertz CT molecular complexity index is 166. The fraction of sp³-hybridized carbons (Fsp3) is 1.00. The molecule has 0 spiro atoms. The molecule has 0 aromatic rings. The van der Waals surface area contributed by atoms with Crippen molar-refractivity contribution in [3.8, 4) is 0 Å². The van der Waals surface area contributed by atoms with Crippen molar-refractivity contribution in [2.75, 3.05) is 6.61 Å². The fourth-order valence-electron chi connectivity index (χ4n) is 2.78. The van der Waals surface area contributed by atoms with Crippen molar-refractivity contribution < 1.29 is 4.74 Å². The van der Waals surface area contributed by atoms with Crippen LogP contribution < -0.4 is 5.73 Å². The monoisotopic (exact) mass is 197 g/mol. The number of rotatable bonds is 3. The van der Waals surface area contributed by atoms with Gasteiger partial charge in [0.2, 0.25) is 0 Å². The Morgan fingerprint density at radius 1 is 1.00 bits per heavy atom. The van der Waals surface area contributed by atoms with Crippen LogP contribution in [0.5, 0.6) is 0 Å². The van der Waals surface area contributed by atoms with Crippen LogP contribution >= 0.6 is 0 Å². The van der Waals surface area contributed by atoms with Gasteiger partial charge in [-0.15, -0.1) is 0 Å². The molecule has 0 saturated heterocycles. The molecule has 0 radical (unpaired) electrons. The summed E-state index contributed by atoms with van der Waals surface area (Å²) in [5.41, 5.74) is 5.93. The van der Waals surface area contributed by atoms with E-state index in [1.807, 2.05) is 0 Å². The van der Waals surface area contributed by atoms with Gasteiger partial charge in [-0.1, -0.05) is 12.8 Å². The van der Waals surface area contributed by atoms with Crippen molar-refractivity contribution in [3.63, 3.8) is 0 Å². The standard InChI is InChI=1S/C12H23NO/c13-11-6-3-7-12(8-11)14-9-10-4-1-2-5-10/h10-12H,1-9,13H2. The highest BCUT2D eigenvalue weighted by Gasteiger charge is 2.22. The van der Waals surface area contributed by atoms with Crippen molar-refractivity contribution in [2.45, 2.75) is 63.5 Å². The molecule has 2 N–H and O–H groups in total. The lowest BCUT2D eigenvalue weighted by atomic mass is 9.93. The average Bonchev–Trinajstić information content (AvgIpc) is 2.67. The SMILES string of the molecule is NC1CCCC(OCC2CCCC2)C1. The highest BCUT2D eigenvalue weighted by molar-refractivity contribution is 4.76. The van der Waals surface area contributed by atoms with Gasteiger partial charge in [0.1, 0.15) is 0 Å². The molecule has 0 aromatic carbocycles. The van der Waals surface area contributed by atoms with Gasteiger partial charge in [-0.3, -0.25) is 0 Å². The quantitative estimate of drug-likeness (QED) is 0.754. The maximum atomic E-state index is 5.96. The van der Waals surface area contributed by atoms with E-state index in [1.165, 1.54) is 44.9 Å². The van der Waals surface area contributed by atoms with Gasteiger partial charge in [0.05, 0.1) is 6.10 Å². The Kier molecular flexibility index (Phi) is 3.82. The largest absolute Gasteiger partial charge is 0.378 e. The molecule has 0 bridgehead atoms. The minimum Gasteiger partial charge on any atom is -0.378 e. The van der Waals surface area contributed by atoms with Crippen LogP contribution in [0, 0.1) is 5.92 Å². The summed E-state index contributed by atoms with van der Waals surface area (Å²) < 4.78 is 5.96. The number of nitrogens with two attached hydrogens (primary N) is 1. The Labute approximate surface area is 87.2 Å². The van der Waals surface area contributed by atoms with E-state index in [9.17, 15) is 0 Å². The molecule has 2 saturated carbocycles. The zero-order valence-corrected chi connectivity index (χ0v) is 9.08. The second-order valence-corrected chi connectivity index (χ2v) is 5.03. The van der Waals surface area contributed by atoms with Crippen LogP contribution in [0.4, 0.5) is 0 Å². The van der Waals surface area contributed by atoms with Gasteiger partial charge >= 0.3 is 0 Å². The molecule has 82 valence electrons. The Morgan fingerprint density at radius 3 is 2.50 bits per heavy atom. The summed E-state index contributed by atoms with van der Waals surface area (Å²) >= 11 is 0. The van der Waals surface area contributed by atoms with E-state index in [-0.39, 0.29) is 0 Å². The van der Waals surface area contributed by atoms with Gasteiger partial charge in [-0.25, -0.2) is 0 Å². The third kappa shape index (κ3) is 2.96. The molecule has 2 fully saturated rings. The maximum absolute atomic E-state index is 5.96. The molecule has 0 amide bonds. The molecule has 2 atom stereocenters. The lowest BCUT2D eigenvalue weighted by Gasteiger charge is -2.27.